The maximum atomic E-state index is 6.50. The molecule has 0 aliphatic heterocycles. The highest BCUT2D eigenvalue weighted by Gasteiger charge is 2.44. The molecular formula is C17H33NO2. The van der Waals surface area contributed by atoms with Crippen molar-refractivity contribution >= 4 is 0 Å². The second-order valence-electron chi connectivity index (χ2n) is 7.09. The Bertz CT molecular complexity index is 295. The minimum atomic E-state index is 0.245. The summed E-state index contributed by atoms with van der Waals surface area (Å²) in [5.74, 6) is 2.25. The topological polar surface area (TPSA) is 30.5 Å². The zero-order chi connectivity index (χ0) is 14.7. The first-order valence-corrected chi connectivity index (χ1v) is 8.51. The molecule has 0 aromatic rings. The van der Waals surface area contributed by atoms with E-state index in [4.69, 9.17) is 9.47 Å². The fourth-order valence-corrected chi connectivity index (χ4v) is 3.91. The molecule has 2 saturated carbocycles. The van der Waals surface area contributed by atoms with Gasteiger partial charge in [-0.1, -0.05) is 27.2 Å². The molecule has 2 aliphatic carbocycles. The number of ether oxygens (including phenoxy) is 2. The van der Waals surface area contributed by atoms with Crippen LogP contribution in [0.3, 0.4) is 0 Å². The molecule has 3 heteroatoms. The van der Waals surface area contributed by atoms with E-state index in [2.05, 4.69) is 33.0 Å². The Balaban J connectivity index is 1.92. The van der Waals surface area contributed by atoms with E-state index in [1.54, 1.807) is 0 Å². The van der Waals surface area contributed by atoms with Crippen molar-refractivity contribution in [2.45, 2.75) is 77.7 Å². The second-order valence-corrected chi connectivity index (χ2v) is 7.09. The molecule has 0 amide bonds. The van der Waals surface area contributed by atoms with E-state index in [-0.39, 0.29) is 6.10 Å². The van der Waals surface area contributed by atoms with Crippen molar-refractivity contribution in [2.75, 3.05) is 13.7 Å². The summed E-state index contributed by atoms with van der Waals surface area (Å²) in [6, 6.07) is 0.471. The van der Waals surface area contributed by atoms with Gasteiger partial charge in [0.15, 0.2) is 0 Å². The average Bonchev–Trinajstić information content (AvgIpc) is 2.40. The quantitative estimate of drug-likeness (QED) is 0.812. The van der Waals surface area contributed by atoms with Crippen LogP contribution in [0.1, 0.15) is 53.4 Å². The van der Waals surface area contributed by atoms with Crippen LogP contribution in [0.2, 0.25) is 0 Å². The molecule has 3 nitrogen and oxygen atoms in total. The van der Waals surface area contributed by atoms with Gasteiger partial charge in [-0.3, -0.25) is 0 Å². The molecule has 0 spiro atoms. The van der Waals surface area contributed by atoms with E-state index in [1.807, 2.05) is 7.05 Å². The van der Waals surface area contributed by atoms with Gasteiger partial charge in [0, 0.05) is 12.6 Å². The van der Waals surface area contributed by atoms with Crippen LogP contribution in [0.25, 0.3) is 0 Å². The Morgan fingerprint density at radius 3 is 2.50 bits per heavy atom. The van der Waals surface area contributed by atoms with Crippen LogP contribution in [-0.2, 0) is 9.47 Å². The zero-order valence-corrected chi connectivity index (χ0v) is 13.9. The molecule has 0 aromatic carbocycles. The van der Waals surface area contributed by atoms with Crippen LogP contribution in [-0.4, -0.2) is 38.0 Å². The van der Waals surface area contributed by atoms with E-state index in [1.165, 1.54) is 19.3 Å². The highest BCUT2D eigenvalue weighted by atomic mass is 16.6. The van der Waals surface area contributed by atoms with E-state index < -0.39 is 0 Å². The smallest absolute Gasteiger partial charge is 0.0990 e. The van der Waals surface area contributed by atoms with Crippen LogP contribution in [0.15, 0.2) is 0 Å². The molecule has 20 heavy (non-hydrogen) atoms. The third-order valence-corrected chi connectivity index (χ3v) is 5.29. The molecule has 6 atom stereocenters. The van der Waals surface area contributed by atoms with Crippen LogP contribution in [0, 0.1) is 17.8 Å². The fraction of sp³-hybridized carbons (Fsp3) is 1.00. The summed E-state index contributed by atoms with van der Waals surface area (Å²) in [6.45, 7) is 9.89. The Labute approximate surface area is 124 Å². The molecule has 0 aromatic heterocycles. The van der Waals surface area contributed by atoms with Gasteiger partial charge >= 0.3 is 0 Å². The van der Waals surface area contributed by atoms with Crippen molar-refractivity contribution < 1.29 is 9.47 Å². The van der Waals surface area contributed by atoms with Crippen LogP contribution < -0.4 is 5.32 Å². The van der Waals surface area contributed by atoms with Gasteiger partial charge in [-0.15, -0.1) is 0 Å². The number of hydrogen-bond acceptors (Lipinski definition) is 3. The third-order valence-electron chi connectivity index (χ3n) is 5.29. The fourth-order valence-electron chi connectivity index (χ4n) is 3.91. The van der Waals surface area contributed by atoms with Crippen molar-refractivity contribution in [2.24, 2.45) is 17.8 Å². The van der Waals surface area contributed by atoms with Gasteiger partial charge in [0.25, 0.3) is 0 Å². The lowest BCUT2D eigenvalue weighted by molar-refractivity contribution is -0.186. The predicted octanol–water partition coefficient (Wildman–Crippen LogP) is 3.23. The van der Waals surface area contributed by atoms with Crippen LogP contribution in [0.5, 0.6) is 0 Å². The van der Waals surface area contributed by atoms with E-state index >= 15 is 0 Å². The number of nitrogens with one attached hydrogen (secondary N) is 1. The number of likely N-dealkylation sites (N-methyl/N-ethyl adjacent to an activating group) is 1. The molecule has 0 heterocycles. The van der Waals surface area contributed by atoms with Crippen molar-refractivity contribution in [3.63, 3.8) is 0 Å². The summed E-state index contributed by atoms with van der Waals surface area (Å²) in [4.78, 5) is 0. The molecule has 0 radical (unpaired) electrons. The SMILES string of the molecule is CCOC1C(NC)CC1OC1CC(C)CCC1C(C)C. The highest BCUT2D eigenvalue weighted by Crippen LogP contribution is 2.38. The first-order valence-electron chi connectivity index (χ1n) is 8.51. The van der Waals surface area contributed by atoms with E-state index in [0.29, 0.717) is 18.2 Å². The largest absolute Gasteiger partial charge is 0.374 e. The van der Waals surface area contributed by atoms with Gasteiger partial charge in [0.05, 0.1) is 18.3 Å². The first-order chi connectivity index (χ1) is 9.56. The van der Waals surface area contributed by atoms with Gasteiger partial charge in [-0.2, -0.15) is 0 Å². The van der Waals surface area contributed by atoms with Gasteiger partial charge < -0.3 is 14.8 Å². The van der Waals surface area contributed by atoms with Crippen molar-refractivity contribution in [1.29, 1.82) is 0 Å². The summed E-state index contributed by atoms with van der Waals surface area (Å²) in [7, 11) is 2.02. The molecule has 0 bridgehead atoms. The van der Waals surface area contributed by atoms with Crippen molar-refractivity contribution in [3.05, 3.63) is 0 Å². The van der Waals surface area contributed by atoms with E-state index in [0.717, 1.165) is 30.8 Å². The van der Waals surface area contributed by atoms with Crippen LogP contribution in [0.4, 0.5) is 0 Å². The summed E-state index contributed by atoms with van der Waals surface area (Å²) >= 11 is 0. The summed E-state index contributed by atoms with van der Waals surface area (Å²) < 4.78 is 12.4. The lowest BCUT2D eigenvalue weighted by Gasteiger charge is -2.48. The minimum Gasteiger partial charge on any atom is -0.374 e. The normalized spacial score (nSPS) is 41.7. The Morgan fingerprint density at radius 1 is 1.15 bits per heavy atom. The predicted molar refractivity (Wildman–Crippen MR) is 82.9 cm³/mol. The second kappa shape index (κ2) is 7.24. The Hall–Kier alpha value is -0.120. The molecule has 118 valence electrons. The molecule has 2 aliphatic rings. The van der Waals surface area contributed by atoms with Gasteiger partial charge in [0.1, 0.15) is 0 Å². The molecule has 0 saturated heterocycles. The molecule has 1 N–H and O–H groups in total. The summed E-state index contributed by atoms with van der Waals surface area (Å²) in [5, 5.41) is 3.34. The Kier molecular flexibility index (Phi) is 5.88. The molecule has 2 rings (SSSR count). The number of hydrogen-bond donors (Lipinski definition) is 1. The number of rotatable bonds is 6. The lowest BCUT2D eigenvalue weighted by atomic mass is 9.75. The zero-order valence-electron chi connectivity index (χ0n) is 13.9. The van der Waals surface area contributed by atoms with Gasteiger partial charge in [-0.05, 0) is 51.0 Å². The molecule has 2 fully saturated rings. The standard InChI is InChI=1S/C17H33NO2/c1-6-19-17-14(18-5)10-16(17)20-15-9-12(4)7-8-13(15)11(2)3/h11-18H,6-10H2,1-5H3. The minimum absolute atomic E-state index is 0.245. The van der Waals surface area contributed by atoms with Crippen molar-refractivity contribution in [1.82, 2.24) is 5.32 Å². The molecule has 6 unspecified atom stereocenters. The maximum absolute atomic E-state index is 6.50. The van der Waals surface area contributed by atoms with Crippen LogP contribution >= 0.6 is 0 Å². The highest BCUT2D eigenvalue weighted by molar-refractivity contribution is 4.98. The molecular weight excluding hydrogens is 250 g/mol. The third kappa shape index (κ3) is 3.55. The van der Waals surface area contributed by atoms with Gasteiger partial charge in [-0.25, -0.2) is 0 Å². The van der Waals surface area contributed by atoms with E-state index in [9.17, 15) is 0 Å². The van der Waals surface area contributed by atoms with Gasteiger partial charge in [0.2, 0.25) is 0 Å². The lowest BCUT2D eigenvalue weighted by Crippen LogP contribution is -2.60. The monoisotopic (exact) mass is 283 g/mol. The summed E-state index contributed by atoms with van der Waals surface area (Å²) in [6.07, 6.45) is 5.98. The summed E-state index contributed by atoms with van der Waals surface area (Å²) in [5.41, 5.74) is 0. The Morgan fingerprint density at radius 2 is 1.90 bits per heavy atom. The average molecular weight is 283 g/mol. The maximum Gasteiger partial charge on any atom is 0.0990 e. The van der Waals surface area contributed by atoms with Crippen molar-refractivity contribution in [3.8, 4) is 0 Å². The first kappa shape index (κ1) is 16.3.